The molecule has 0 aromatic heterocycles. The highest BCUT2D eigenvalue weighted by Crippen LogP contribution is 2.38. The second-order valence-electron chi connectivity index (χ2n) is 8.30. The normalized spacial score (nSPS) is 25.9. The summed E-state index contributed by atoms with van der Waals surface area (Å²) in [7, 11) is 0. The van der Waals surface area contributed by atoms with E-state index in [1.165, 1.54) is 11.1 Å². The van der Waals surface area contributed by atoms with Crippen LogP contribution in [-0.2, 0) is 22.5 Å². The summed E-state index contributed by atoms with van der Waals surface area (Å²) in [5, 5.41) is 0. The van der Waals surface area contributed by atoms with Crippen molar-refractivity contribution in [2.24, 2.45) is 0 Å². The maximum absolute atomic E-state index is 12.5. The van der Waals surface area contributed by atoms with E-state index in [1.54, 1.807) is 0 Å². The van der Waals surface area contributed by atoms with Crippen molar-refractivity contribution in [3.8, 4) is 0 Å². The van der Waals surface area contributed by atoms with Gasteiger partial charge in [-0.2, -0.15) is 0 Å². The van der Waals surface area contributed by atoms with Crippen LogP contribution in [0.1, 0.15) is 64.5 Å². The monoisotopic (exact) mass is 345 g/mol. The predicted molar refractivity (Wildman–Crippen MR) is 98.5 cm³/mol. The first-order chi connectivity index (χ1) is 11.9. The third-order valence-electron chi connectivity index (χ3n) is 5.27. The van der Waals surface area contributed by atoms with Gasteiger partial charge in [0.15, 0.2) is 0 Å². The Bertz CT molecular complexity index is 593. The number of hydrogen-bond donors (Lipinski definition) is 0. The number of aryl methyl sites for hydroxylation is 1. The van der Waals surface area contributed by atoms with Crippen LogP contribution < -0.4 is 0 Å². The SMILES string of the molecule is CCc1ccccc1COC1C[C@H]2CC[C@@H](C1)N2C(=O)OC(C)(C)C. The summed E-state index contributed by atoms with van der Waals surface area (Å²) in [6.45, 7) is 8.62. The molecule has 1 amide bonds. The number of fused-ring (bicyclic) bond motifs is 2. The van der Waals surface area contributed by atoms with E-state index in [9.17, 15) is 4.79 Å². The zero-order valence-corrected chi connectivity index (χ0v) is 16.0. The van der Waals surface area contributed by atoms with Crippen molar-refractivity contribution < 1.29 is 14.3 Å². The first-order valence-corrected chi connectivity index (χ1v) is 9.57. The molecule has 0 aliphatic carbocycles. The minimum absolute atomic E-state index is 0.158. The molecule has 1 aromatic carbocycles. The van der Waals surface area contributed by atoms with E-state index >= 15 is 0 Å². The molecule has 0 N–H and O–H groups in total. The van der Waals surface area contributed by atoms with Crippen molar-refractivity contribution in [1.29, 1.82) is 0 Å². The molecule has 2 saturated heterocycles. The number of benzene rings is 1. The fourth-order valence-electron chi connectivity index (χ4n) is 4.13. The van der Waals surface area contributed by atoms with Crippen LogP contribution in [0, 0.1) is 0 Å². The summed E-state index contributed by atoms with van der Waals surface area (Å²) in [4.78, 5) is 14.5. The fraction of sp³-hybridized carbons (Fsp3) is 0.667. The van der Waals surface area contributed by atoms with E-state index in [0.717, 1.165) is 32.1 Å². The van der Waals surface area contributed by atoms with Gasteiger partial charge in [-0.15, -0.1) is 0 Å². The van der Waals surface area contributed by atoms with E-state index < -0.39 is 5.60 Å². The lowest BCUT2D eigenvalue weighted by molar-refractivity contribution is -0.0398. The maximum atomic E-state index is 12.5. The molecular formula is C21H31NO3. The molecule has 4 heteroatoms. The average Bonchev–Trinajstić information content (AvgIpc) is 2.83. The second kappa shape index (κ2) is 7.36. The molecule has 3 rings (SSSR count). The number of rotatable bonds is 4. The molecule has 1 aromatic rings. The van der Waals surface area contributed by atoms with Gasteiger partial charge in [0.25, 0.3) is 0 Å². The molecule has 0 radical (unpaired) electrons. The van der Waals surface area contributed by atoms with E-state index in [-0.39, 0.29) is 24.3 Å². The van der Waals surface area contributed by atoms with Crippen molar-refractivity contribution in [2.45, 2.75) is 90.2 Å². The van der Waals surface area contributed by atoms with Gasteiger partial charge in [-0.25, -0.2) is 4.79 Å². The third-order valence-corrected chi connectivity index (χ3v) is 5.27. The molecule has 0 spiro atoms. The van der Waals surface area contributed by atoms with Gasteiger partial charge in [0.05, 0.1) is 12.7 Å². The highest BCUT2D eigenvalue weighted by atomic mass is 16.6. The van der Waals surface area contributed by atoms with Crippen LogP contribution in [0.15, 0.2) is 24.3 Å². The molecule has 0 saturated carbocycles. The Labute approximate surface area is 151 Å². The lowest BCUT2D eigenvalue weighted by atomic mass is 10.00. The largest absolute Gasteiger partial charge is 0.444 e. The van der Waals surface area contributed by atoms with Gasteiger partial charge < -0.3 is 14.4 Å². The van der Waals surface area contributed by atoms with Gasteiger partial charge in [0.1, 0.15) is 5.60 Å². The minimum atomic E-state index is -0.437. The molecule has 2 heterocycles. The van der Waals surface area contributed by atoms with Gasteiger partial charge in [-0.05, 0) is 64.0 Å². The van der Waals surface area contributed by atoms with Gasteiger partial charge >= 0.3 is 6.09 Å². The highest BCUT2D eigenvalue weighted by molar-refractivity contribution is 5.69. The zero-order valence-electron chi connectivity index (χ0n) is 16.0. The summed E-state index contributed by atoms with van der Waals surface area (Å²) >= 11 is 0. The Morgan fingerprint density at radius 1 is 1.12 bits per heavy atom. The van der Waals surface area contributed by atoms with Gasteiger partial charge in [-0.1, -0.05) is 31.2 Å². The minimum Gasteiger partial charge on any atom is -0.444 e. The molecule has 138 valence electrons. The molecule has 2 bridgehead atoms. The van der Waals surface area contributed by atoms with Gasteiger partial charge in [0.2, 0.25) is 0 Å². The molecule has 2 aliphatic heterocycles. The van der Waals surface area contributed by atoms with Crippen molar-refractivity contribution in [3.63, 3.8) is 0 Å². The number of nitrogens with zero attached hydrogens (tertiary/aromatic N) is 1. The van der Waals surface area contributed by atoms with Crippen LogP contribution in [0.25, 0.3) is 0 Å². The summed E-state index contributed by atoms with van der Waals surface area (Å²) in [5.74, 6) is 0. The van der Waals surface area contributed by atoms with E-state index in [0.29, 0.717) is 6.61 Å². The third kappa shape index (κ3) is 4.35. The second-order valence-corrected chi connectivity index (χ2v) is 8.30. The van der Waals surface area contributed by atoms with Crippen LogP contribution >= 0.6 is 0 Å². The number of ether oxygens (including phenoxy) is 2. The first-order valence-electron chi connectivity index (χ1n) is 9.57. The first kappa shape index (κ1) is 18.2. The van der Waals surface area contributed by atoms with Crippen molar-refractivity contribution >= 4 is 6.09 Å². The average molecular weight is 345 g/mol. The van der Waals surface area contributed by atoms with Gasteiger partial charge in [0, 0.05) is 12.1 Å². The number of carbonyl (C=O) groups excluding carboxylic acids is 1. The molecule has 4 nitrogen and oxygen atoms in total. The van der Waals surface area contributed by atoms with Crippen LogP contribution in [0.3, 0.4) is 0 Å². The Kier molecular flexibility index (Phi) is 5.38. The smallest absolute Gasteiger partial charge is 0.410 e. The van der Waals surface area contributed by atoms with Crippen LogP contribution in [-0.4, -0.2) is 34.8 Å². The van der Waals surface area contributed by atoms with E-state index in [1.807, 2.05) is 25.7 Å². The Morgan fingerprint density at radius 2 is 1.72 bits per heavy atom. The number of amides is 1. The van der Waals surface area contributed by atoms with Crippen LogP contribution in [0.2, 0.25) is 0 Å². The number of piperidine rings is 1. The van der Waals surface area contributed by atoms with Crippen LogP contribution in [0.5, 0.6) is 0 Å². The van der Waals surface area contributed by atoms with Crippen LogP contribution in [0.4, 0.5) is 4.79 Å². The standard InChI is InChI=1S/C21H31NO3/c1-5-15-8-6-7-9-16(15)14-24-19-12-17-10-11-18(13-19)22(17)20(23)25-21(2,3)4/h6-9,17-19H,5,10-14H2,1-4H3/t17-,18+,19?. The zero-order chi connectivity index (χ0) is 18.0. The Morgan fingerprint density at radius 3 is 2.28 bits per heavy atom. The molecule has 25 heavy (non-hydrogen) atoms. The lowest BCUT2D eigenvalue weighted by Crippen LogP contribution is -2.50. The number of carbonyl (C=O) groups is 1. The number of hydrogen-bond acceptors (Lipinski definition) is 3. The summed E-state index contributed by atoms with van der Waals surface area (Å²) in [6, 6.07) is 9.02. The van der Waals surface area contributed by atoms with Crippen molar-refractivity contribution in [3.05, 3.63) is 35.4 Å². The molecular weight excluding hydrogens is 314 g/mol. The molecule has 1 unspecified atom stereocenters. The van der Waals surface area contributed by atoms with E-state index in [4.69, 9.17) is 9.47 Å². The van der Waals surface area contributed by atoms with E-state index in [2.05, 4.69) is 31.2 Å². The summed E-state index contributed by atoms with van der Waals surface area (Å²) in [6.07, 6.45) is 5.08. The lowest BCUT2D eigenvalue weighted by Gasteiger charge is -2.39. The summed E-state index contributed by atoms with van der Waals surface area (Å²) in [5.41, 5.74) is 2.21. The quantitative estimate of drug-likeness (QED) is 0.794. The predicted octanol–water partition coefficient (Wildman–Crippen LogP) is 4.70. The summed E-state index contributed by atoms with van der Waals surface area (Å²) < 4.78 is 11.8. The Hall–Kier alpha value is -1.55. The fourth-order valence-corrected chi connectivity index (χ4v) is 4.13. The maximum Gasteiger partial charge on any atom is 0.410 e. The molecule has 2 fully saturated rings. The van der Waals surface area contributed by atoms with Crippen molar-refractivity contribution in [1.82, 2.24) is 4.90 Å². The Balaban J connectivity index is 1.58. The topological polar surface area (TPSA) is 38.8 Å². The highest BCUT2D eigenvalue weighted by Gasteiger charge is 2.45. The molecule has 3 atom stereocenters. The van der Waals surface area contributed by atoms with Gasteiger partial charge in [-0.3, -0.25) is 0 Å². The van der Waals surface area contributed by atoms with Crippen molar-refractivity contribution in [2.75, 3.05) is 0 Å². The molecule has 2 aliphatic rings.